The Hall–Kier alpha value is -3.52. The second-order valence-corrected chi connectivity index (χ2v) is 9.27. The number of likely N-dealkylation sites (N-methyl/N-ethyl adjacent to an activating group) is 1. The number of halogens is 2. The molecule has 3 rings (SSSR count). The highest BCUT2D eigenvalue weighted by Crippen LogP contribution is 2.30. The number of amides is 3. The normalized spacial score (nSPS) is 15.6. The van der Waals surface area contributed by atoms with Gasteiger partial charge in [0.05, 0.1) is 11.4 Å². The Morgan fingerprint density at radius 1 is 1.25 bits per heavy atom. The number of primary amides is 1. The molecule has 0 aliphatic carbocycles. The smallest absolute Gasteiger partial charge is 0.272 e. The molecular weight excluding hydrogens is 483 g/mol. The van der Waals surface area contributed by atoms with Crippen molar-refractivity contribution in [3.8, 4) is 0 Å². The average Bonchev–Trinajstić information content (AvgIpc) is 2.89. The molecule has 3 N–H and O–H groups in total. The largest absolute Gasteiger partial charge is 0.370 e. The number of fused-ring (bicyclic) bond motifs is 1. The van der Waals surface area contributed by atoms with Gasteiger partial charge < -0.3 is 16.0 Å². The Bertz CT molecular complexity index is 1170. The molecule has 7 nitrogen and oxygen atoms in total. The minimum atomic E-state index is -1.33. The van der Waals surface area contributed by atoms with Crippen molar-refractivity contribution in [1.29, 1.82) is 0 Å². The number of nitrogens with zero attached hydrogens (tertiary/aromatic N) is 2. The fourth-order valence-corrected chi connectivity index (χ4v) is 4.03. The van der Waals surface area contributed by atoms with Gasteiger partial charge in [0.15, 0.2) is 0 Å². The van der Waals surface area contributed by atoms with E-state index < -0.39 is 35.6 Å². The number of hydrogen-bond acceptors (Lipinski definition) is 4. The lowest BCUT2D eigenvalue weighted by Crippen LogP contribution is -2.48. The van der Waals surface area contributed by atoms with Crippen molar-refractivity contribution < 1.29 is 18.8 Å². The molecule has 1 heterocycles. The van der Waals surface area contributed by atoms with Crippen molar-refractivity contribution in [3.63, 3.8) is 0 Å². The molecule has 2 aromatic carbocycles. The lowest BCUT2D eigenvalue weighted by Gasteiger charge is -2.23. The van der Waals surface area contributed by atoms with E-state index >= 15 is 0 Å². The van der Waals surface area contributed by atoms with Crippen LogP contribution in [-0.2, 0) is 14.4 Å². The molecule has 1 unspecified atom stereocenters. The number of carbonyl (C=O) groups excluding carboxylic acids is 3. The monoisotopic (exact) mass is 514 g/mol. The molecular formula is C27H32ClFN4O3. The molecule has 3 amide bonds. The predicted molar refractivity (Wildman–Crippen MR) is 141 cm³/mol. The maximum absolute atomic E-state index is 14.7. The van der Waals surface area contributed by atoms with Gasteiger partial charge in [0.1, 0.15) is 5.82 Å². The lowest BCUT2D eigenvalue weighted by atomic mass is 9.93. The molecule has 0 aromatic heterocycles. The third kappa shape index (κ3) is 7.24. The zero-order valence-corrected chi connectivity index (χ0v) is 21.7. The van der Waals surface area contributed by atoms with Gasteiger partial charge in [0.25, 0.3) is 5.91 Å². The molecule has 0 saturated heterocycles. The summed E-state index contributed by atoms with van der Waals surface area (Å²) in [4.78, 5) is 43.6. The fourth-order valence-electron chi connectivity index (χ4n) is 3.86. The van der Waals surface area contributed by atoms with Gasteiger partial charge in [-0.25, -0.2) is 9.38 Å². The maximum Gasteiger partial charge on any atom is 0.272 e. The zero-order chi connectivity index (χ0) is 27.0. The molecule has 2 atom stereocenters. The Labute approximate surface area is 216 Å². The molecule has 0 radical (unpaired) electrons. The topological polar surface area (TPSA) is 105 Å². The van der Waals surface area contributed by atoms with Crippen LogP contribution in [0.5, 0.6) is 0 Å². The molecule has 2 aromatic rings. The number of hydrogen-bond donors (Lipinski definition) is 2. The summed E-state index contributed by atoms with van der Waals surface area (Å²) >= 11 is 6.20. The van der Waals surface area contributed by atoms with Crippen LogP contribution in [0.15, 0.2) is 60.1 Å². The van der Waals surface area contributed by atoms with Crippen molar-refractivity contribution in [2.24, 2.45) is 22.6 Å². The van der Waals surface area contributed by atoms with Crippen LogP contribution in [0.2, 0.25) is 5.02 Å². The van der Waals surface area contributed by atoms with Crippen molar-refractivity contribution in [2.75, 3.05) is 11.9 Å². The van der Waals surface area contributed by atoms with E-state index in [0.717, 1.165) is 0 Å². The average molecular weight is 515 g/mol. The second-order valence-electron chi connectivity index (χ2n) is 8.83. The highest BCUT2D eigenvalue weighted by Gasteiger charge is 2.33. The zero-order valence-electron chi connectivity index (χ0n) is 20.9. The minimum Gasteiger partial charge on any atom is -0.370 e. The van der Waals surface area contributed by atoms with E-state index in [-0.39, 0.29) is 23.6 Å². The Morgan fingerprint density at radius 2 is 1.89 bits per heavy atom. The maximum atomic E-state index is 14.7. The predicted octanol–water partition coefficient (Wildman–Crippen LogP) is 4.47. The van der Waals surface area contributed by atoms with Crippen LogP contribution in [0.3, 0.4) is 0 Å². The van der Waals surface area contributed by atoms with E-state index in [9.17, 15) is 18.8 Å². The number of benzodiazepines with no additional fused rings is 1. The first-order chi connectivity index (χ1) is 17.0. The molecule has 9 heteroatoms. The number of aliphatic imine (C=N–C) groups is 1. The van der Waals surface area contributed by atoms with Crippen molar-refractivity contribution >= 4 is 40.7 Å². The lowest BCUT2D eigenvalue weighted by molar-refractivity contribution is -0.132. The SMILES string of the molecule is C=CC.CC(C)C[C@H](CC(N)=O)C(=O)NC1N=C(c2ccccc2F)c2cc(Cl)ccc2N(C)C1=O. The third-order valence-corrected chi connectivity index (χ3v) is 5.62. The Balaban J connectivity index is 0.00000145. The van der Waals surface area contributed by atoms with Gasteiger partial charge in [0, 0.05) is 35.5 Å². The first-order valence-corrected chi connectivity index (χ1v) is 11.9. The highest BCUT2D eigenvalue weighted by molar-refractivity contribution is 6.32. The van der Waals surface area contributed by atoms with Crippen LogP contribution in [0, 0.1) is 17.7 Å². The molecule has 0 saturated carbocycles. The minimum absolute atomic E-state index is 0.122. The number of nitrogens with one attached hydrogen (secondary N) is 1. The van der Waals surface area contributed by atoms with Gasteiger partial charge in [0.2, 0.25) is 18.0 Å². The third-order valence-electron chi connectivity index (χ3n) is 5.38. The van der Waals surface area contributed by atoms with E-state index in [1.165, 1.54) is 11.0 Å². The van der Waals surface area contributed by atoms with E-state index in [0.29, 0.717) is 22.7 Å². The van der Waals surface area contributed by atoms with Gasteiger partial charge in [-0.2, -0.15) is 0 Å². The number of anilines is 1. The number of allylic oxidation sites excluding steroid dienone is 1. The Kier molecular flexibility index (Phi) is 10.3. The Morgan fingerprint density at radius 3 is 2.47 bits per heavy atom. The van der Waals surface area contributed by atoms with Crippen molar-refractivity contribution in [1.82, 2.24) is 5.32 Å². The summed E-state index contributed by atoms with van der Waals surface area (Å²) in [5.74, 6) is -2.77. The van der Waals surface area contributed by atoms with E-state index in [2.05, 4.69) is 16.9 Å². The molecule has 36 heavy (non-hydrogen) atoms. The van der Waals surface area contributed by atoms with Gasteiger partial charge in [-0.05, 0) is 49.6 Å². The number of benzene rings is 2. The highest BCUT2D eigenvalue weighted by atomic mass is 35.5. The van der Waals surface area contributed by atoms with E-state index in [1.54, 1.807) is 49.5 Å². The summed E-state index contributed by atoms with van der Waals surface area (Å²) in [5.41, 5.74) is 6.60. The molecule has 0 spiro atoms. The summed E-state index contributed by atoms with van der Waals surface area (Å²) in [6.07, 6.45) is 0.678. The molecule has 1 aliphatic rings. The summed E-state index contributed by atoms with van der Waals surface area (Å²) in [6, 6.07) is 10.9. The van der Waals surface area contributed by atoms with Crippen LogP contribution < -0.4 is 16.0 Å². The summed E-state index contributed by atoms with van der Waals surface area (Å²) in [5, 5.41) is 3.03. The van der Waals surface area contributed by atoms with Gasteiger partial charge in [-0.3, -0.25) is 14.4 Å². The van der Waals surface area contributed by atoms with Crippen LogP contribution in [-0.4, -0.2) is 36.6 Å². The summed E-state index contributed by atoms with van der Waals surface area (Å²) in [7, 11) is 1.54. The van der Waals surface area contributed by atoms with Gasteiger partial charge >= 0.3 is 0 Å². The second kappa shape index (κ2) is 13.0. The van der Waals surface area contributed by atoms with E-state index in [4.69, 9.17) is 17.3 Å². The number of rotatable bonds is 7. The summed E-state index contributed by atoms with van der Waals surface area (Å²) in [6.45, 7) is 9.08. The first-order valence-electron chi connectivity index (χ1n) is 11.6. The summed E-state index contributed by atoms with van der Waals surface area (Å²) < 4.78 is 14.7. The van der Waals surface area contributed by atoms with Crippen LogP contribution in [0.4, 0.5) is 10.1 Å². The van der Waals surface area contributed by atoms with Crippen LogP contribution in [0.25, 0.3) is 0 Å². The molecule has 0 bridgehead atoms. The number of nitrogens with two attached hydrogens (primary N) is 1. The van der Waals surface area contributed by atoms with Crippen LogP contribution in [0.1, 0.15) is 44.7 Å². The molecule has 192 valence electrons. The standard InChI is InChI=1S/C24H26ClFN4O3.C3H6/c1-13(2)10-14(11-20(27)31)23(32)29-22-24(33)30(3)19-9-8-15(25)12-17(19)21(28-22)16-6-4-5-7-18(16)26;1-3-2/h4-9,12-14,22H,10-11H2,1-3H3,(H2,27,31)(H,29,32);3H,1H2,2H3/t14-,22?;/m1./s1. The van der Waals surface area contributed by atoms with Gasteiger partial charge in [-0.15, -0.1) is 6.58 Å². The quantitative estimate of drug-likeness (QED) is 0.533. The van der Waals surface area contributed by atoms with Crippen molar-refractivity contribution in [3.05, 3.63) is 77.1 Å². The van der Waals surface area contributed by atoms with Crippen molar-refractivity contribution in [2.45, 2.75) is 39.8 Å². The fraction of sp³-hybridized carbons (Fsp3) is 0.333. The molecule has 0 fully saturated rings. The molecule has 1 aliphatic heterocycles. The first kappa shape index (κ1) is 28.7. The van der Waals surface area contributed by atoms with Gasteiger partial charge in [-0.1, -0.05) is 43.7 Å². The van der Waals surface area contributed by atoms with E-state index in [1.807, 2.05) is 20.8 Å². The number of carbonyl (C=O) groups is 3. The van der Waals surface area contributed by atoms with Crippen LogP contribution >= 0.6 is 11.6 Å².